The van der Waals surface area contributed by atoms with Gasteiger partial charge in [-0.05, 0) is 24.1 Å². The van der Waals surface area contributed by atoms with Gasteiger partial charge in [-0.25, -0.2) is 9.45 Å². The molecule has 0 aliphatic rings. The lowest BCUT2D eigenvalue weighted by atomic mass is 10.1. The van der Waals surface area contributed by atoms with Crippen molar-refractivity contribution in [1.82, 2.24) is 5.06 Å². The maximum Gasteiger partial charge on any atom is 0.250 e. The van der Waals surface area contributed by atoms with Gasteiger partial charge in [-0.3, -0.25) is 9.63 Å². The summed E-state index contributed by atoms with van der Waals surface area (Å²) in [6.45, 7) is 1.80. The van der Waals surface area contributed by atoms with Gasteiger partial charge in [0.25, 0.3) is 0 Å². The summed E-state index contributed by atoms with van der Waals surface area (Å²) in [5.41, 5.74) is 1.22. The molecule has 1 aromatic rings. The number of hydrogen-bond acceptors (Lipinski definition) is 2. The minimum atomic E-state index is -0.354. The number of nitrogens with zero attached hydrogens (tertiary/aromatic N) is 1. The van der Waals surface area contributed by atoms with Crippen LogP contribution in [0.4, 0.5) is 4.39 Å². The molecule has 0 N–H and O–H groups in total. The van der Waals surface area contributed by atoms with Gasteiger partial charge in [-0.15, -0.1) is 0 Å². The Labute approximate surface area is 88.4 Å². The Hall–Kier alpha value is -1.42. The molecule has 0 saturated carbocycles. The number of rotatable bonds is 3. The van der Waals surface area contributed by atoms with E-state index in [4.69, 9.17) is 4.84 Å². The SMILES string of the molecule is CON(C)C(=O)Cc1ccc(C)cc1F. The Morgan fingerprint density at radius 3 is 2.73 bits per heavy atom. The van der Waals surface area contributed by atoms with Crippen molar-refractivity contribution >= 4 is 5.91 Å². The largest absolute Gasteiger partial charge is 0.275 e. The van der Waals surface area contributed by atoms with E-state index in [0.29, 0.717) is 5.56 Å². The van der Waals surface area contributed by atoms with Gasteiger partial charge in [-0.2, -0.15) is 0 Å². The molecule has 0 spiro atoms. The number of aryl methyl sites for hydroxylation is 1. The molecule has 0 atom stereocenters. The Bertz CT molecular complexity index is 366. The van der Waals surface area contributed by atoms with Crippen molar-refractivity contribution in [2.75, 3.05) is 14.2 Å². The van der Waals surface area contributed by atoms with E-state index in [2.05, 4.69) is 0 Å². The van der Waals surface area contributed by atoms with Crippen molar-refractivity contribution in [3.05, 3.63) is 35.1 Å². The quantitative estimate of drug-likeness (QED) is 0.712. The third kappa shape index (κ3) is 3.02. The van der Waals surface area contributed by atoms with Crippen molar-refractivity contribution < 1.29 is 14.0 Å². The minimum absolute atomic E-state index is 0.0104. The normalized spacial score (nSPS) is 10.1. The first kappa shape index (κ1) is 11.7. The number of halogens is 1. The number of hydroxylamine groups is 2. The summed E-state index contributed by atoms with van der Waals surface area (Å²) in [5, 5.41) is 1.08. The molecule has 1 aromatic carbocycles. The second kappa shape index (κ2) is 4.89. The van der Waals surface area contributed by atoms with E-state index >= 15 is 0 Å². The van der Waals surface area contributed by atoms with E-state index in [1.807, 2.05) is 0 Å². The molecule has 82 valence electrons. The first-order valence-corrected chi connectivity index (χ1v) is 4.60. The monoisotopic (exact) mass is 211 g/mol. The fourth-order valence-corrected chi connectivity index (χ4v) is 1.17. The number of likely N-dealkylation sites (N-methyl/N-ethyl adjacent to an activating group) is 1. The van der Waals surface area contributed by atoms with Gasteiger partial charge < -0.3 is 0 Å². The van der Waals surface area contributed by atoms with Crippen LogP contribution in [0.1, 0.15) is 11.1 Å². The predicted molar refractivity (Wildman–Crippen MR) is 54.6 cm³/mol. The second-order valence-electron chi connectivity index (χ2n) is 3.35. The summed E-state index contributed by atoms with van der Waals surface area (Å²) in [5.74, 6) is -0.631. The Balaban J connectivity index is 2.77. The van der Waals surface area contributed by atoms with E-state index in [0.717, 1.165) is 10.6 Å². The number of carbonyl (C=O) groups excluding carboxylic acids is 1. The van der Waals surface area contributed by atoms with E-state index in [-0.39, 0.29) is 18.1 Å². The summed E-state index contributed by atoms with van der Waals surface area (Å²) in [4.78, 5) is 16.1. The number of hydrogen-bond donors (Lipinski definition) is 0. The Kier molecular flexibility index (Phi) is 3.80. The van der Waals surface area contributed by atoms with Gasteiger partial charge in [0.15, 0.2) is 0 Å². The Morgan fingerprint density at radius 1 is 1.53 bits per heavy atom. The molecule has 1 rings (SSSR count). The van der Waals surface area contributed by atoms with Gasteiger partial charge >= 0.3 is 0 Å². The van der Waals surface area contributed by atoms with Crippen LogP contribution >= 0.6 is 0 Å². The van der Waals surface area contributed by atoms with Crippen LogP contribution in [0.2, 0.25) is 0 Å². The molecule has 0 fully saturated rings. The molecule has 3 nitrogen and oxygen atoms in total. The zero-order valence-electron chi connectivity index (χ0n) is 9.08. The minimum Gasteiger partial charge on any atom is -0.275 e. The van der Waals surface area contributed by atoms with Crippen LogP contribution in [0.15, 0.2) is 18.2 Å². The summed E-state index contributed by atoms with van der Waals surface area (Å²) in [7, 11) is 2.89. The number of carbonyl (C=O) groups is 1. The van der Waals surface area contributed by atoms with Gasteiger partial charge in [0, 0.05) is 7.05 Å². The predicted octanol–water partition coefficient (Wildman–Crippen LogP) is 1.70. The van der Waals surface area contributed by atoms with E-state index in [1.54, 1.807) is 19.1 Å². The number of amides is 1. The van der Waals surface area contributed by atoms with Crippen molar-refractivity contribution in [2.45, 2.75) is 13.3 Å². The van der Waals surface area contributed by atoms with Crippen LogP contribution in [0, 0.1) is 12.7 Å². The molecule has 0 aliphatic carbocycles. The third-order valence-electron chi connectivity index (χ3n) is 2.18. The molecule has 15 heavy (non-hydrogen) atoms. The molecule has 0 heterocycles. The highest BCUT2D eigenvalue weighted by Crippen LogP contribution is 2.11. The van der Waals surface area contributed by atoms with Crippen LogP contribution in [-0.2, 0) is 16.1 Å². The highest BCUT2D eigenvalue weighted by Gasteiger charge is 2.11. The van der Waals surface area contributed by atoms with Crippen LogP contribution in [0.3, 0.4) is 0 Å². The van der Waals surface area contributed by atoms with Crippen LogP contribution in [0.5, 0.6) is 0 Å². The van der Waals surface area contributed by atoms with Crippen molar-refractivity contribution in [2.24, 2.45) is 0 Å². The molecule has 0 aromatic heterocycles. The zero-order chi connectivity index (χ0) is 11.4. The molecule has 4 heteroatoms. The average molecular weight is 211 g/mol. The molecule has 0 radical (unpaired) electrons. The van der Waals surface area contributed by atoms with Gasteiger partial charge in [-0.1, -0.05) is 12.1 Å². The summed E-state index contributed by atoms with van der Waals surface area (Å²) in [6, 6.07) is 4.81. The van der Waals surface area contributed by atoms with E-state index in [9.17, 15) is 9.18 Å². The van der Waals surface area contributed by atoms with Crippen molar-refractivity contribution in [3.63, 3.8) is 0 Å². The lowest BCUT2D eigenvalue weighted by Gasteiger charge is -2.13. The summed E-state index contributed by atoms with van der Waals surface area (Å²) >= 11 is 0. The second-order valence-corrected chi connectivity index (χ2v) is 3.35. The lowest BCUT2D eigenvalue weighted by Crippen LogP contribution is -2.27. The average Bonchev–Trinajstić information content (AvgIpc) is 2.20. The standard InChI is InChI=1S/C11H14FNO2/c1-8-4-5-9(10(12)6-8)7-11(14)13(2)15-3/h4-6H,7H2,1-3H3. The zero-order valence-corrected chi connectivity index (χ0v) is 9.08. The highest BCUT2D eigenvalue weighted by molar-refractivity contribution is 5.77. The molecular weight excluding hydrogens is 197 g/mol. The molecular formula is C11H14FNO2. The fourth-order valence-electron chi connectivity index (χ4n) is 1.17. The smallest absolute Gasteiger partial charge is 0.250 e. The maximum atomic E-state index is 13.4. The molecule has 0 saturated heterocycles. The van der Waals surface area contributed by atoms with Crippen molar-refractivity contribution in [3.8, 4) is 0 Å². The summed E-state index contributed by atoms with van der Waals surface area (Å²) in [6.07, 6.45) is 0.0104. The van der Waals surface area contributed by atoms with Crippen LogP contribution in [-0.4, -0.2) is 25.1 Å². The van der Waals surface area contributed by atoms with Gasteiger partial charge in [0.05, 0.1) is 13.5 Å². The number of benzene rings is 1. The molecule has 1 amide bonds. The molecule has 0 aliphatic heterocycles. The first-order valence-electron chi connectivity index (χ1n) is 4.60. The lowest BCUT2D eigenvalue weighted by molar-refractivity contribution is -0.167. The fraction of sp³-hybridized carbons (Fsp3) is 0.364. The van der Waals surface area contributed by atoms with Gasteiger partial charge in [0.2, 0.25) is 5.91 Å². The Morgan fingerprint density at radius 2 is 2.20 bits per heavy atom. The van der Waals surface area contributed by atoms with Gasteiger partial charge in [0.1, 0.15) is 5.82 Å². The molecule has 0 bridgehead atoms. The summed E-state index contributed by atoms with van der Waals surface area (Å²) < 4.78 is 13.4. The van der Waals surface area contributed by atoms with E-state index in [1.165, 1.54) is 20.2 Å². The topological polar surface area (TPSA) is 29.5 Å². The highest BCUT2D eigenvalue weighted by atomic mass is 19.1. The van der Waals surface area contributed by atoms with Crippen LogP contribution in [0.25, 0.3) is 0 Å². The van der Waals surface area contributed by atoms with Crippen molar-refractivity contribution in [1.29, 1.82) is 0 Å². The maximum absolute atomic E-state index is 13.4. The van der Waals surface area contributed by atoms with Crippen LogP contribution < -0.4 is 0 Å². The molecule has 0 unspecified atom stereocenters. The third-order valence-corrected chi connectivity index (χ3v) is 2.18. The van der Waals surface area contributed by atoms with E-state index < -0.39 is 0 Å². The first-order chi connectivity index (χ1) is 7.04.